The van der Waals surface area contributed by atoms with Crippen molar-refractivity contribution in [2.75, 3.05) is 44.9 Å². The largest absolute Gasteiger partial charge is 0.494 e. The summed E-state index contributed by atoms with van der Waals surface area (Å²) in [5.74, 6) is 1.12. The molecule has 4 rings (SSSR count). The zero-order valence-electron chi connectivity index (χ0n) is 19.6. The van der Waals surface area contributed by atoms with Gasteiger partial charge in [0.05, 0.1) is 32.6 Å². The highest BCUT2D eigenvalue weighted by atomic mass is 16.5. The second kappa shape index (κ2) is 8.54. The van der Waals surface area contributed by atoms with Crippen LogP contribution in [0.3, 0.4) is 0 Å². The predicted molar refractivity (Wildman–Crippen MR) is 125 cm³/mol. The van der Waals surface area contributed by atoms with Crippen LogP contribution in [-0.2, 0) is 16.7 Å². The van der Waals surface area contributed by atoms with Crippen molar-refractivity contribution < 1.29 is 14.3 Å². The Kier molecular flexibility index (Phi) is 5.95. The lowest BCUT2D eigenvalue weighted by Crippen LogP contribution is -2.37. The third-order valence-corrected chi connectivity index (χ3v) is 6.11. The number of hydrogen-bond donors (Lipinski definition) is 1. The van der Waals surface area contributed by atoms with Crippen molar-refractivity contribution in [3.63, 3.8) is 0 Å². The van der Waals surface area contributed by atoms with Crippen molar-refractivity contribution in [3.05, 3.63) is 52.3 Å². The minimum absolute atomic E-state index is 0.0121. The Morgan fingerprint density at radius 3 is 2.59 bits per heavy atom. The molecule has 0 unspecified atom stereocenters. The summed E-state index contributed by atoms with van der Waals surface area (Å²) in [5.41, 5.74) is 4.94. The van der Waals surface area contributed by atoms with E-state index in [1.54, 1.807) is 12.0 Å². The van der Waals surface area contributed by atoms with Crippen LogP contribution in [0.4, 0.5) is 5.69 Å². The second-order valence-corrected chi connectivity index (χ2v) is 9.51. The smallest absolute Gasteiger partial charge is 0.182 e. The molecule has 0 aliphatic carbocycles. The summed E-state index contributed by atoms with van der Waals surface area (Å²) in [6, 6.07) is 7.85. The molecule has 2 aliphatic rings. The molecule has 0 saturated carbocycles. The molecule has 1 saturated heterocycles. The van der Waals surface area contributed by atoms with E-state index in [0.717, 1.165) is 41.3 Å². The molecule has 0 bridgehead atoms. The van der Waals surface area contributed by atoms with E-state index in [1.807, 2.05) is 31.2 Å². The van der Waals surface area contributed by atoms with Crippen LogP contribution in [0, 0.1) is 12.3 Å². The van der Waals surface area contributed by atoms with Crippen molar-refractivity contribution in [1.29, 1.82) is 5.41 Å². The van der Waals surface area contributed by atoms with Crippen LogP contribution in [0.1, 0.15) is 53.6 Å². The first-order valence-electron chi connectivity index (χ1n) is 11.1. The summed E-state index contributed by atoms with van der Waals surface area (Å²) in [6.07, 6.45) is 0. The number of amidine groups is 1. The number of pyridine rings is 1. The topological polar surface area (TPSA) is 78.8 Å². The number of aryl methyl sites for hydroxylation is 1. The summed E-state index contributed by atoms with van der Waals surface area (Å²) in [7, 11) is 1.69. The van der Waals surface area contributed by atoms with Gasteiger partial charge in [0, 0.05) is 42.0 Å². The monoisotopic (exact) mass is 436 g/mol. The first-order valence-corrected chi connectivity index (χ1v) is 11.1. The van der Waals surface area contributed by atoms with Crippen LogP contribution in [0.15, 0.2) is 24.3 Å². The number of nitrogens with zero attached hydrogens (tertiary/aromatic N) is 3. The molecule has 1 N–H and O–H groups in total. The molecular formula is C25H32N4O3. The number of anilines is 1. The van der Waals surface area contributed by atoms with E-state index in [2.05, 4.69) is 30.7 Å². The van der Waals surface area contributed by atoms with Crippen LogP contribution < -0.4 is 9.64 Å². The maximum Gasteiger partial charge on any atom is 0.182 e. The maximum atomic E-state index is 13.4. The maximum absolute atomic E-state index is 13.4. The number of ketones is 1. The number of aromatic nitrogens is 1. The van der Waals surface area contributed by atoms with E-state index in [9.17, 15) is 4.79 Å². The number of Topliss-reactive ketones (excluding diaryl/α,β-unsaturated/α-hetero) is 1. The van der Waals surface area contributed by atoms with Crippen molar-refractivity contribution in [3.8, 4) is 5.75 Å². The van der Waals surface area contributed by atoms with E-state index in [-0.39, 0.29) is 17.7 Å². The third-order valence-electron chi connectivity index (χ3n) is 6.11. The molecule has 0 radical (unpaired) electrons. The molecular weight excluding hydrogens is 404 g/mol. The molecule has 3 heterocycles. The Balaban J connectivity index is 1.67. The summed E-state index contributed by atoms with van der Waals surface area (Å²) in [4.78, 5) is 22.0. The van der Waals surface area contributed by atoms with Gasteiger partial charge in [-0.15, -0.1) is 0 Å². The van der Waals surface area contributed by atoms with Gasteiger partial charge in [-0.05, 0) is 30.5 Å². The first kappa shape index (κ1) is 22.3. The fourth-order valence-corrected chi connectivity index (χ4v) is 4.34. The number of ether oxygens (including phenoxy) is 2. The van der Waals surface area contributed by atoms with Gasteiger partial charge in [0.1, 0.15) is 17.3 Å². The number of methoxy groups -OCH3 is 1. The number of carbonyl (C=O) groups excluding carboxylic acids is 1. The minimum Gasteiger partial charge on any atom is -0.494 e. The lowest BCUT2D eigenvalue weighted by molar-refractivity contribution is 0.0962. The number of fused-ring (bicyclic) bond motifs is 1. The first-order chi connectivity index (χ1) is 15.2. The molecule has 0 spiro atoms. The molecule has 0 amide bonds. The van der Waals surface area contributed by atoms with Crippen LogP contribution in [-0.4, -0.2) is 61.5 Å². The number of hydrogen-bond acceptors (Lipinski definition) is 6. The van der Waals surface area contributed by atoms with E-state index >= 15 is 0 Å². The summed E-state index contributed by atoms with van der Waals surface area (Å²) in [6.45, 7) is 11.8. The average molecular weight is 437 g/mol. The van der Waals surface area contributed by atoms with Gasteiger partial charge >= 0.3 is 0 Å². The molecule has 2 aliphatic heterocycles. The summed E-state index contributed by atoms with van der Waals surface area (Å²) in [5, 5.41) is 8.52. The summed E-state index contributed by atoms with van der Waals surface area (Å²) < 4.78 is 11.4. The molecule has 7 nitrogen and oxygen atoms in total. The number of morpholine rings is 1. The van der Waals surface area contributed by atoms with E-state index in [0.29, 0.717) is 36.9 Å². The zero-order chi connectivity index (χ0) is 23.0. The number of rotatable bonds is 5. The Bertz CT molecular complexity index is 1050. The molecule has 2 aromatic rings. The van der Waals surface area contributed by atoms with Crippen LogP contribution in [0.2, 0.25) is 0 Å². The van der Waals surface area contributed by atoms with Crippen LogP contribution in [0.25, 0.3) is 0 Å². The second-order valence-electron chi connectivity index (χ2n) is 9.51. The normalized spacial score (nSPS) is 16.3. The van der Waals surface area contributed by atoms with Crippen molar-refractivity contribution in [2.45, 2.75) is 39.7 Å². The van der Waals surface area contributed by atoms with Gasteiger partial charge in [-0.1, -0.05) is 26.8 Å². The van der Waals surface area contributed by atoms with Crippen molar-refractivity contribution in [2.24, 2.45) is 0 Å². The van der Waals surface area contributed by atoms with E-state index in [1.165, 1.54) is 0 Å². The Morgan fingerprint density at radius 1 is 1.22 bits per heavy atom. The highest BCUT2D eigenvalue weighted by Gasteiger charge is 2.30. The highest BCUT2D eigenvalue weighted by Crippen LogP contribution is 2.40. The lowest BCUT2D eigenvalue weighted by atomic mass is 9.84. The molecule has 1 aromatic heterocycles. The molecule has 170 valence electrons. The fraction of sp³-hybridized carbons (Fsp3) is 0.480. The molecule has 0 atom stereocenters. The van der Waals surface area contributed by atoms with Gasteiger partial charge in [0.25, 0.3) is 0 Å². The standard InChI is InChI=1S/C25H32N4O3/c1-16-6-7-17-14-29(24(26)22(17)27-16)15-21(30)18-12-19(25(2,3)4)23(31-5)20(13-18)28-8-10-32-11-9-28/h6-7,12-13,26H,8-11,14-15H2,1-5H3. The van der Waals surface area contributed by atoms with Gasteiger partial charge in [-0.2, -0.15) is 0 Å². The Morgan fingerprint density at radius 2 is 1.94 bits per heavy atom. The Hall–Kier alpha value is -2.93. The lowest BCUT2D eigenvalue weighted by Gasteiger charge is -2.33. The zero-order valence-corrected chi connectivity index (χ0v) is 19.6. The van der Waals surface area contributed by atoms with Crippen molar-refractivity contribution >= 4 is 17.3 Å². The predicted octanol–water partition coefficient (Wildman–Crippen LogP) is 3.56. The van der Waals surface area contributed by atoms with Gasteiger partial charge in [0.2, 0.25) is 0 Å². The van der Waals surface area contributed by atoms with Crippen molar-refractivity contribution in [1.82, 2.24) is 9.88 Å². The minimum atomic E-state index is -0.194. The number of carbonyl (C=O) groups is 1. The quantitative estimate of drug-likeness (QED) is 0.722. The summed E-state index contributed by atoms with van der Waals surface area (Å²) >= 11 is 0. The van der Waals surface area contributed by atoms with E-state index in [4.69, 9.17) is 14.9 Å². The molecule has 1 fully saturated rings. The Labute approximate surface area is 189 Å². The number of benzene rings is 1. The van der Waals surface area contributed by atoms with Gasteiger partial charge < -0.3 is 19.3 Å². The highest BCUT2D eigenvalue weighted by molar-refractivity contribution is 6.05. The number of nitrogens with one attached hydrogen (secondary N) is 1. The third kappa shape index (κ3) is 4.21. The van der Waals surface area contributed by atoms with E-state index < -0.39 is 0 Å². The molecule has 1 aromatic carbocycles. The fourth-order valence-electron chi connectivity index (χ4n) is 4.34. The molecule has 32 heavy (non-hydrogen) atoms. The van der Waals surface area contributed by atoms with Gasteiger partial charge in [0.15, 0.2) is 5.78 Å². The van der Waals surface area contributed by atoms with Gasteiger partial charge in [-0.3, -0.25) is 10.2 Å². The van der Waals surface area contributed by atoms with Crippen LogP contribution >= 0.6 is 0 Å². The van der Waals surface area contributed by atoms with Crippen LogP contribution in [0.5, 0.6) is 5.75 Å². The molecule has 7 heteroatoms. The SMILES string of the molecule is COc1c(N2CCOCC2)cc(C(=O)CN2Cc3ccc(C)nc3C2=N)cc1C(C)(C)C. The van der Waals surface area contributed by atoms with Gasteiger partial charge in [-0.25, -0.2) is 4.98 Å². The average Bonchev–Trinajstić information content (AvgIpc) is 3.07.